The summed E-state index contributed by atoms with van der Waals surface area (Å²) in [5.41, 5.74) is 5.89. The van der Waals surface area contributed by atoms with Crippen molar-refractivity contribution < 1.29 is 9.21 Å². The number of rotatable bonds is 7. The molecule has 0 atom stereocenters. The lowest BCUT2D eigenvalue weighted by molar-refractivity contribution is -0.113. The number of benzene rings is 2. The number of hydrogen-bond acceptors (Lipinski definition) is 6. The molecule has 0 bridgehead atoms. The van der Waals surface area contributed by atoms with Crippen LogP contribution in [0.3, 0.4) is 0 Å². The predicted octanol–water partition coefficient (Wildman–Crippen LogP) is 6.19. The fourth-order valence-electron chi connectivity index (χ4n) is 3.10. The van der Waals surface area contributed by atoms with Crippen molar-refractivity contribution in [1.29, 1.82) is 0 Å². The number of oxazole rings is 1. The Labute approximate surface area is 183 Å². The number of carbonyl (C=O) groups excluding carboxylic acids is 1. The fraction of sp³-hybridized carbons (Fsp3) is 0.261. The summed E-state index contributed by atoms with van der Waals surface area (Å²) in [5, 5.41) is 5.91. The number of nitrogens with zero attached hydrogens (tertiary/aromatic N) is 2. The van der Waals surface area contributed by atoms with Crippen LogP contribution in [-0.4, -0.2) is 21.6 Å². The fourth-order valence-corrected chi connectivity index (χ4v) is 4.48. The first kappa shape index (κ1) is 20.6. The van der Waals surface area contributed by atoms with E-state index in [0.717, 1.165) is 34.3 Å². The van der Waals surface area contributed by atoms with E-state index in [4.69, 9.17) is 4.42 Å². The van der Waals surface area contributed by atoms with Crippen LogP contribution in [0.4, 0.5) is 5.13 Å². The Kier molecular flexibility index (Phi) is 6.20. The number of aromatic nitrogens is 2. The normalized spacial score (nSPS) is 11.3. The van der Waals surface area contributed by atoms with Gasteiger partial charge in [0.1, 0.15) is 5.52 Å². The van der Waals surface area contributed by atoms with Gasteiger partial charge in [0, 0.05) is 10.9 Å². The van der Waals surface area contributed by atoms with E-state index in [2.05, 4.69) is 53.4 Å². The molecule has 4 aromatic rings. The Morgan fingerprint density at radius 1 is 1.17 bits per heavy atom. The van der Waals surface area contributed by atoms with Gasteiger partial charge >= 0.3 is 0 Å². The molecule has 154 valence electrons. The smallest absolute Gasteiger partial charge is 0.257 e. The van der Waals surface area contributed by atoms with E-state index in [9.17, 15) is 4.79 Å². The van der Waals surface area contributed by atoms with E-state index in [-0.39, 0.29) is 11.7 Å². The number of fused-ring (bicyclic) bond motifs is 1. The van der Waals surface area contributed by atoms with Gasteiger partial charge < -0.3 is 9.73 Å². The van der Waals surface area contributed by atoms with Gasteiger partial charge in [-0.1, -0.05) is 55.9 Å². The van der Waals surface area contributed by atoms with E-state index in [1.807, 2.05) is 30.5 Å². The molecule has 1 N–H and O–H groups in total. The molecule has 0 radical (unpaired) electrons. The predicted molar refractivity (Wildman–Crippen MR) is 124 cm³/mol. The Morgan fingerprint density at radius 3 is 2.73 bits per heavy atom. The van der Waals surface area contributed by atoms with Gasteiger partial charge in [0.2, 0.25) is 5.91 Å². The molecule has 2 heterocycles. The van der Waals surface area contributed by atoms with Gasteiger partial charge in [-0.3, -0.25) is 4.79 Å². The quantitative estimate of drug-likeness (QED) is 0.349. The van der Waals surface area contributed by atoms with Gasteiger partial charge in [-0.25, -0.2) is 9.97 Å². The largest absolute Gasteiger partial charge is 0.431 e. The maximum Gasteiger partial charge on any atom is 0.257 e. The summed E-state index contributed by atoms with van der Waals surface area (Å²) in [6.07, 6.45) is 1.07. The molecule has 7 heteroatoms. The number of aryl methyl sites for hydroxylation is 1. The van der Waals surface area contributed by atoms with Crippen LogP contribution in [0, 0.1) is 12.8 Å². The van der Waals surface area contributed by atoms with Gasteiger partial charge in [0.25, 0.3) is 5.22 Å². The number of thiazole rings is 1. The molecule has 5 nitrogen and oxygen atoms in total. The lowest BCUT2D eigenvalue weighted by Crippen LogP contribution is -2.13. The number of amides is 1. The monoisotopic (exact) mass is 437 g/mol. The van der Waals surface area contributed by atoms with Gasteiger partial charge in [-0.2, -0.15) is 0 Å². The van der Waals surface area contributed by atoms with Crippen LogP contribution in [0.1, 0.15) is 25.0 Å². The Hall–Kier alpha value is -2.64. The average Bonchev–Trinajstić information content (AvgIpc) is 3.33. The lowest BCUT2D eigenvalue weighted by Gasteiger charge is -2.05. The summed E-state index contributed by atoms with van der Waals surface area (Å²) in [6, 6.07) is 14.3. The van der Waals surface area contributed by atoms with Crippen LogP contribution >= 0.6 is 23.1 Å². The topological polar surface area (TPSA) is 68.0 Å². The second kappa shape index (κ2) is 9.02. The second-order valence-corrected chi connectivity index (χ2v) is 9.41. The molecule has 0 spiro atoms. The molecule has 30 heavy (non-hydrogen) atoms. The first-order valence-corrected chi connectivity index (χ1v) is 11.7. The molecule has 0 unspecified atom stereocenters. The highest BCUT2D eigenvalue weighted by molar-refractivity contribution is 7.99. The minimum Gasteiger partial charge on any atom is -0.431 e. The zero-order valence-corrected chi connectivity index (χ0v) is 18.8. The summed E-state index contributed by atoms with van der Waals surface area (Å²) < 4.78 is 5.70. The molecule has 0 aliphatic heterocycles. The molecule has 0 fully saturated rings. The first-order valence-electron chi connectivity index (χ1n) is 9.81. The highest BCUT2D eigenvalue weighted by Gasteiger charge is 2.12. The van der Waals surface area contributed by atoms with Crippen molar-refractivity contribution in [2.24, 2.45) is 5.92 Å². The van der Waals surface area contributed by atoms with E-state index in [0.29, 0.717) is 16.3 Å². The molecule has 0 saturated carbocycles. The van der Waals surface area contributed by atoms with Crippen LogP contribution in [-0.2, 0) is 11.2 Å². The second-order valence-electron chi connectivity index (χ2n) is 7.62. The lowest BCUT2D eigenvalue weighted by atomic mass is 10.0. The van der Waals surface area contributed by atoms with Crippen LogP contribution in [0.5, 0.6) is 0 Å². The van der Waals surface area contributed by atoms with Crippen molar-refractivity contribution in [2.75, 3.05) is 11.1 Å². The number of thioether (sulfide) groups is 1. The van der Waals surface area contributed by atoms with Gasteiger partial charge in [-0.15, -0.1) is 11.3 Å². The van der Waals surface area contributed by atoms with E-state index < -0.39 is 0 Å². The van der Waals surface area contributed by atoms with E-state index in [1.165, 1.54) is 28.7 Å². The van der Waals surface area contributed by atoms with Crippen molar-refractivity contribution in [3.05, 3.63) is 59.0 Å². The maximum absolute atomic E-state index is 12.3. The number of nitrogens with one attached hydrogen (secondary N) is 1. The molecule has 0 aliphatic carbocycles. The summed E-state index contributed by atoms with van der Waals surface area (Å²) in [4.78, 5) is 21.3. The molecule has 4 rings (SSSR count). The highest BCUT2D eigenvalue weighted by atomic mass is 32.2. The summed E-state index contributed by atoms with van der Waals surface area (Å²) in [7, 11) is 0. The van der Waals surface area contributed by atoms with Crippen LogP contribution in [0.15, 0.2) is 57.5 Å². The zero-order chi connectivity index (χ0) is 21.1. The molecule has 0 saturated heterocycles. The number of carbonyl (C=O) groups is 1. The number of hydrogen-bond donors (Lipinski definition) is 1. The van der Waals surface area contributed by atoms with Gasteiger partial charge in [-0.05, 0) is 42.5 Å². The van der Waals surface area contributed by atoms with Gasteiger partial charge in [0.15, 0.2) is 10.7 Å². The molecule has 0 aliphatic rings. The third-order valence-electron chi connectivity index (χ3n) is 4.50. The van der Waals surface area contributed by atoms with Crippen LogP contribution < -0.4 is 5.32 Å². The highest BCUT2D eigenvalue weighted by Crippen LogP contribution is 2.27. The Balaban J connectivity index is 1.34. The third-order valence-corrected chi connectivity index (χ3v) is 6.08. The van der Waals surface area contributed by atoms with Crippen LogP contribution in [0.25, 0.3) is 22.4 Å². The minimum absolute atomic E-state index is 0.133. The van der Waals surface area contributed by atoms with Crippen molar-refractivity contribution in [3.8, 4) is 11.3 Å². The van der Waals surface area contributed by atoms with Gasteiger partial charge in [0.05, 0.1) is 11.4 Å². The van der Waals surface area contributed by atoms with Crippen LogP contribution in [0.2, 0.25) is 0 Å². The summed E-state index contributed by atoms with van der Waals surface area (Å²) in [5.74, 6) is 0.713. The standard InChI is InChI=1S/C23H23N3O2S2/c1-14(2)10-16-5-7-17(8-6-16)19-12-29-22(24-19)26-21(27)13-30-23-25-18-9-4-15(3)11-20(18)28-23/h4-9,11-12,14H,10,13H2,1-3H3,(H,24,26,27). The third kappa shape index (κ3) is 5.09. The molecular formula is C23H23N3O2S2. The molecular weight excluding hydrogens is 414 g/mol. The summed E-state index contributed by atoms with van der Waals surface area (Å²) in [6.45, 7) is 6.43. The van der Waals surface area contributed by atoms with Crippen molar-refractivity contribution >= 4 is 45.2 Å². The summed E-state index contributed by atoms with van der Waals surface area (Å²) >= 11 is 2.70. The molecule has 2 aromatic heterocycles. The van der Waals surface area contributed by atoms with Crippen molar-refractivity contribution in [3.63, 3.8) is 0 Å². The minimum atomic E-state index is -0.133. The van der Waals surface area contributed by atoms with E-state index in [1.54, 1.807) is 0 Å². The molecule has 2 aromatic carbocycles. The Bertz CT molecular complexity index is 1160. The first-order chi connectivity index (χ1) is 14.5. The zero-order valence-electron chi connectivity index (χ0n) is 17.1. The maximum atomic E-state index is 12.3. The SMILES string of the molecule is Cc1ccc2nc(SCC(=O)Nc3nc(-c4ccc(CC(C)C)cc4)cs3)oc2c1. The average molecular weight is 438 g/mol. The molecule has 1 amide bonds. The van der Waals surface area contributed by atoms with E-state index >= 15 is 0 Å². The van der Waals surface area contributed by atoms with Crippen molar-refractivity contribution in [2.45, 2.75) is 32.4 Å². The Morgan fingerprint density at radius 2 is 1.97 bits per heavy atom. The number of anilines is 1. The van der Waals surface area contributed by atoms with Crippen molar-refractivity contribution in [1.82, 2.24) is 9.97 Å².